The molecule has 5 N–H and O–H groups in total. The number of hydrogen-bond acceptors (Lipinski definition) is 8. The van der Waals surface area contributed by atoms with Gasteiger partial charge < -0.3 is 44.9 Å². The number of phenolic OH excluding ortho intramolecular Hbond substituents is 3. The van der Waals surface area contributed by atoms with Crippen molar-refractivity contribution >= 4 is 0 Å². The monoisotopic (exact) mass is 673 g/mol. The molecule has 9 heteroatoms. The molecule has 9 nitrogen and oxygen atoms in total. The number of rotatable bonds is 14. The van der Waals surface area contributed by atoms with Crippen molar-refractivity contribution in [2.24, 2.45) is 11.8 Å². The van der Waals surface area contributed by atoms with E-state index < -0.39 is 12.2 Å². The highest BCUT2D eigenvalue weighted by Crippen LogP contribution is 2.50. The van der Waals surface area contributed by atoms with Crippen molar-refractivity contribution in [1.82, 2.24) is 10.3 Å². The molecule has 2 fully saturated rings. The molecule has 266 valence electrons. The summed E-state index contributed by atoms with van der Waals surface area (Å²) in [6.07, 6.45) is 14.4. The third kappa shape index (κ3) is 8.28. The molecule has 1 saturated heterocycles. The number of aromatic hydroxyl groups is 3. The average molecular weight is 674 g/mol. The minimum atomic E-state index is -0.557. The highest BCUT2D eigenvalue weighted by molar-refractivity contribution is 5.59. The molecule has 2 aromatic carbocycles. The SMILES string of the molecule is CCOCCCNCCC1CC=CC(c2cc(C3CCC4C(O)CC(c5cc(O)c(O)c(OC)c5Cc5cc[n-]c5)OC4C3)ccc2O)C1. The van der Waals surface area contributed by atoms with Gasteiger partial charge in [0.1, 0.15) is 5.75 Å². The molecule has 2 heterocycles. The van der Waals surface area contributed by atoms with Crippen molar-refractivity contribution < 1.29 is 34.6 Å². The van der Waals surface area contributed by atoms with Crippen LogP contribution in [0.2, 0.25) is 0 Å². The maximum Gasteiger partial charge on any atom is 0.200 e. The molecule has 7 atom stereocenters. The predicted octanol–water partition coefficient (Wildman–Crippen LogP) is 6.59. The quantitative estimate of drug-likeness (QED) is 0.0730. The Kier molecular flexibility index (Phi) is 11.9. The first-order valence-corrected chi connectivity index (χ1v) is 18.1. The van der Waals surface area contributed by atoms with E-state index in [1.54, 1.807) is 18.5 Å². The van der Waals surface area contributed by atoms with Crippen LogP contribution in [0.3, 0.4) is 0 Å². The highest BCUT2D eigenvalue weighted by atomic mass is 16.5. The molecule has 0 amide bonds. The van der Waals surface area contributed by atoms with Crippen molar-refractivity contribution in [3.05, 3.63) is 82.7 Å². The van der Waals surface area contributed by atoms with E-state index in [1.165, 1.54) is 12.7 Å². The van der Waals surface area contributed by atoms with Crippen LogP contribution in [0.15, 0.2) is 54.9 Å². The highest BCUT2D eigenvalue weighted by Gasteiger charge is 2.43. The fraction of sp³-hybridized carbons (Fsp3) is 0.550. The first-order chi connectivity index (χ1) is 23.9. The molecule has 6 rings (SSSR count). The molecule has 1 aliphatic heterocycles. The van der Waals surface area contributed by atoms with E-state index in [-0.39, 0.29) is 41.1 Å². The van der Waals surface area contributed by atoms with Crippen molar-refractivity contribution in [2.75, 3.05) is 33.4 Å². The lowest BCUT2D eigenvalue weighted by Crippen LogP contribution is -2.44. The van der Waals surface area contributed by atoms with Gasteiger partial charge in [-0.15, -0.1) is 0 Å². The van der Waals surface area contributed by atoms with Gasteiger partial charge in [0.05, 0.1) is 25.4 Å². The van der Waals surface area contributed by atoms with Gasteiger partial charge in [-0.1, -0.05) is 35.9 Å². The number of fused-ring (bicyclic) bond motifs is 1. The standard InChI is InChI=1S/C40H53N2O7/c1-3-48-17-5-14-41-15-12-25-6-4-7-29(18-25)31-20-27(9-11-34(31)43)28-8-10-30-35(44)23-38(49-37(30)21-28)32-22-36(45)39(46)40(47-2)33(32)19-26-13-16-42-24-26/h4,7,9,11,13,16,20,22,24-25,28-30,35,37-38,41,43-46H,3,5-6,8,10,12,14-15,17-19,21,23H2,1-2H3/q-1. The Bertz CT molecular complexity index is 1540. The van der Waals surface area contributed by atoms with Crippen molar-refractivity contribution in [2.45, 2.75) is 94.9 Å². The number of allylic oxidation sites excluding steroid dienone is 2. The molecule has 1 aromatic heterocycles. The molecule has 2 aliphatic carbocycles. The third-order valence-electron chi connectivity index (χ3n) is 11.0. The van der Waals surface area contributed by atoms with Gasteiger partial charge in [-0.3, -0.25) is 0 Å². The Morgan fingerprint density at radius 2 is 1.88 bits per heavy atom. The van der Waals surface area contributed by atoms with Gasteiger partial charge >= 0.3 is 0 Å². The summed E-state index contributed by atoms with van der Waals surface area (Å²) in [7, 11) is 1.47. The summed E-state index contributed by atoms with van der Waals surface area (Å²) in [5, 5.41) is 47.3. The summed E-state index contributed by atoms with van der Waals surface area (Å²) in [6.45, 7) is 5.55. The summed E-state index contributed by atoms with van der Waals surface area (Å²) < 4.78 is 17.8. The van der Waals surface area contributed by atoms with Crippen LogP contribution in [-0.4, -0.2) is 66.0 Å². The number of hydrogen-bond donors (Lipinski definition) is 5. The van der Waals surface area contributed by atoms with Crippen LogP contribution < -0.4 is 15.0 Å². The lowest BCUT2D eigenvalue weighted by atomic mass is 9.71. The van der Waals surface area contributed by atoms with Gasteiger partial charge in [0.15, 0.2) is 11.5 Å². The van der Waals surface area contributed by atoms with Crippen LogP contribution in [0.1, 0.15) is 104 Å². The maximum absolute atomic E-state index is 11.4. The maximum atomic E-state index is 11.4. The van der Waals surface area contributed by atoms with Crippen LogP contribution in [0.5, 0.6) is 23.0 Å². The number of nitrogens with one attached hydrogen (secondary N) is 1. The van der Waals surface area contributed by atoms with E-state index in [4.69, 9.17) is 14.2 Å². The second-order valence-corrected chi connectivity index (χ2v) is 14.1. The lowest BCUT2D eigenvalue weighted by molar-refractivity contribution is -0.154. The van der Waals surface area contributed by atoms with E-state index in [0.29, 0.717) is 35.6 Å². The predicted molar refractivity (Wildman–Crippen MR) is 189 cm³/mol. The minimum Gasteiger partial charge on any atom is -0.670 e. The van der Waals surface area contributed by atoms with Crippen LogP contribution in [0.4, 0.5) is 0 Å². The Labute approximate surface area is 290 Å². The second-order valence-electron chi connectivity index (χ2n) is 14.1. The number of nitrogens with zero attached hydrogens (tertiary/aromatic N) is 1. The van der Waals surface area contributed by atoms with E-state index in [2.05, 4.69) is 28.5 Å². The van der Waals surface area contributed by atoms with Crippen LogP contribution >= 0.6 is 0 Å². The smallest absolute Gasteiger partial charge is 0.200 e. The van der Waals surface area contributed by atoms with E-state index in [1.807, 2.05) is 25.1 Å². The number of ether oxygens (including phenoxy) is 3. The number of phenols is 3. The molecule has 0 spiro atoms. The zero-order valence-electron chi connectivity index (χ0n) is 28.9. The third-order valence-corrected chi connectivity index (χ3v) is 11.0. The normalized spacial score (nSPS) is 26.8. The van der Waals surface area contributed by atoms with E-state index >= 15 is 0 Å². The fourth-order valence-corrected chi connectivity index (χ4v) is 8.36. The number of methoxy groups -OCH3 is 1. The molecule has 0 bridgehead atoms. The Balaban J connectivity index is 1.14. The first-order valence-electron chi connectivity index (χ1n) is 18.1. The van der Waals surface area contributed by atoms with Gasteiger partial charge in [0.25, 0.3) is 0 Å². The van der Waals surface area contributed by atoms with Gasteiger partial charge in [-0.2, -0.15) is 12.4 Å². The molecule has 1 saturated carbocycles. The lowest BCUT2D eigenvalue weighted by Gasteiger charge is -2.45. The summed E-state index contributed by atoms with van der Waals surface area (Å²) in [6, 6.07) is 9.56. The molecule has 7 unspecified atom stereocenters. The molecular weight excluding hydrogens is 620 g/mol. The largest absolute Gasteiger partial charge is 0.670 e. The number of benzene rings is 2. The molecular formula is C40H53N2O7-. The zero-order chi connectivity index (χ0) is 34.3. The second kappa shape index (κ2) is 16.5. The number of aliphatic hydroxyl groups excluding tert-OH is 1. The van der Waals surface area contributed by atoms with E-state index in [9.17, 15) is 20.4 Å². The van der Waals surface area contributed by atoms with Crippen LogP contribution in [0, 0.1) is 11.8 Å². The molecule has 49 heavy (non-hydrogen) atoms. The Morgan fingerprint density at radius 3 is 2.67 bits per heavy atom. The number of aromatic nitrogens is 1. The van der Waals surface area contributed by atoms with Gasteiger partial charge in [0, 0.05) is 42.6 Å². The molecule has 3 aromatic rings. The van der Waals surface area contributed by atoms with Crippen LogP contribution in [-0.2, 0) is 15.9 Å². The van der Waals surface area contributed by atoms with E-state index in [0.717, 1.165) is 82.4 Å². The van der Waals surface area contributed by atoms with Crippen LogP contribution in [0.25, 0.3) is 0 Å². The zero-order valence-corrected chi connectivity index (χ0v) is 28.9. The number of aliphatic hydroxyl groups is 1. The topological polar surface area (TPSA) is 135 Å². The van der Waals surface area contributed by atoms with Crippen molar-refractivity contribution in [3.8, 4) is 23.0 Å². The van der Waals surface area contributed by atoms with Gasteiger partial charge in [-0.05, 0) is 106 Å². The van der Waals surface area contributed by atoms with Crippen molar-refractivity contribution in [3.63, 3.8) is 0 Å². The summed E-state index contributed by atoms with van der Waals surface area (Å²) in [5.41, 5.74) is 4.56. The van der Waals surface area contributed by atoms with Gasteiger partial charge in [-0.25, -0.2) is 0 Å². The summed E-state index contributed by atoms with van der Waals surface area (Å²) >= 11 is 0. The minimum absolute atomic E-state index is 0.0224. The Hall–Kier alpha value is -3.50. The average Bonchev–Trinajstić information content (AvgIpc) is 3.63. The summed E-state index contributed by atoms with van der Waals surface area (Å²) in [4.78, 5) is 4.18. The fourth-order valence-electron chi connectivity index (χ4n) is 8.36. The molecule has 3 aliphatic rings. The van der Waals surface area contributed by atoms with Gasteiger partial charge in [0.2, 0.25) is 5.75 Å². The van der Waals surface area contributed by atoms with Crippen molar-refractivity contribution in [1.29, 1.82) is 0 Å². The first kappa shape index (κ1) is 35.3. The molecule has 0 radical (unpaired) electrons. The Morgan fingerprint density at radius 1 is 1.00 bits per heavy atom. The summed E-state index contributed by atoms with van der Waals surface area (Å²) in [5.74, 6) is 0.977.